The van der Waals surface area contributed by atoms with Crippen LogP contribution in [0.3, 0.4) is 0 Å². The van der Waals surface area contributed by atoms with Gasteiger partial charge < -0.3 is 28.6 Å². The summed E-state index contributed by atoms with van der Waals surface area (Å²) in [5, 5.41) is 12.7. The summed E-state index contributed by atoms with van der Waals surface area (Å²) in [4.78, 5) is 38.4. The molecule has 5 aliphatic rings. The number of esters is 1. The second-order valence-electron chi connectivity index (χ2n) is 13.5. The molecule has 9 heteroatoms. The highest BCUT2D eigenvalue weighted by Crippen LogP contribution is 2.71. The smallest absolute Gasteiger partial charge is 0.410 e. The highest BCUT2D eigenvalue weighted by Gasteiger charge is 2.70. The summed E-state index contributed by atoms with van der Waals surface area (Å²) in [5.41, 5.74) is -1.11. The number of ether oxygens (including phenoxy) is 3. The van der Waals surface area contributed by atoms with E-state index in [0.717, 1.165) is 50.5 Å². The zero-order chi connectivity index (χ0) is 28.3. The molecule has 0 spiro atoms. The van der Waals surface area contributed by atoms with E-state index in [-0.39, 0.29) is 35.4 Å². The van der Waals surface area contributed by atoms with Gasteiger partial charge in [-0.15, -0.1) is 0 Å². The number of fused-ring (bicyclic) bond motifs is 5. The molecular formula is C31H43NO8. The third kappa shape index (κ3) is 4.39. The first kappa shape index (κ1) is 27.8. The molecule has 4 aliphatic carbocycles. The van der Waals surface area contributed by atoms with Crippen LogP contribution in [0.2, 0.25) is 0 Å². The third-order valence-electron chi connectivity index (χ3n) is 11.7. The van der Waals surface area contributed by atoms with E-state index < -0.39 is 22.7 Å². The van der Waals surface area contributed by atoms with E-state index >= 15 is 0 Å². The lowest BCUT2D eigenvalue weighted by Crippen LogP contribution is -2.62. The molecule has 220 valence electrons. The molecular weight excluding hydrogens is 514 g/mol. The number of rotatable bonds is 3. The van der Waals surface area contributed by atoms with Crippen LogP contribution < -0.4 is 5.63 Å². The van der Waals surface area contributed by atoms with Gasteiger partial charge in [-0.3, -0.25) is 4.79 Å². The SMILES string of the molecule is CC(=O)O[C@H]1C[C@]2(O)[C@@H]3CC[C@@H]4C[C@@H](OC(=O)N5CCOCC5)CC[C@]4(C)[C@H]3CC[C@]2(C)[C@H]1c1ccc(=O)oc1. The Labute approximate surface area is 235 Å². The minimum atomic E-state index is -1.01. The molecule has 0 bridgehead atoms. The Morgan fingerprint density at radius 2 is 1.80 bits per heavy atom. The summed E-state index contributed by atoms with van der Waals surface area (Å²) < 4.78 is 22.5. The molecule has 9 atom stereocenters. The van der Waals surface area contributed by atoms with Crippen LogP contribution in [-0.2, 0) is 19.0 Å². The van der Waals surface area contributed by atoms with Crippen molar-refractivity contribution in [2.75, 3.05) is 26.3 Å². The monoisotopic (exact) mass is 557 g/mol. The van der Waals surface area contributed by atoms with Crippen LogP contribution in [0.4, 0.5) is 4.79 Å². The molecule has 0 radical (unpaired) electrons. The van der Waals surface area contributed by atoms with E-state index in [1.54, 1.807) is 11.0 Å². The van der Waals surface area contributed by atoms with Gasteiger partial charge in [-0.05, 0) is 79.7 Å². The van der Waals surface area contributed by atoms with Gasteiger partial charge in [0.1, 0.15) is 12.2 Å². The van der Waals surface area contributed by atoms with E-state index in [4.69, 9.17) is 18.6 Å². The summed E-state index contributed by atoms with van der Waals surface area (Å²) in [7, 11) is 0. The zero-order valence-corrected chi connectivity index (χ0v) is 23.9. The summed E-state index contributed by atoms with van der Waals surface area (Å²) in [5.74, 6) is 0.232. The fraction of sp³-hybridized carbons (Fsp3) is 0.774. The number of aliphatic hydroxyl groups is 1. The van der Waals surface area contributed by atoms with E-state index in [0.29, 0.717) is 44.6 Å². The van der Waals surface area contributed by atoms with Gasteiger partial charge in [-0.25, -0.2) is 9.59 Å². The quantitative estimate of drug-likeness (QED) is 0.548. The number of carbonyl (C=O) groups excluding carboxylic acids is 2. The second-order valence-corrected chi connectivity index (χ2v) is 13.5. The normalized spacial score (nSPS) is 42.8. The van der Waals surface area contributed by atoms with Gasteiger partial charge in [-0.1, -0.05) is 13.8 Å². The Kier molecular flexibility index (Phi) is 7.05. The average molecular weight is 558 g/mol. The van der Waals surface area contributed by atoms with Crippen LogP contribution in [0.5, 0.6) is 0 Å². The number of amides is 1. The van der Waals surface area contributed by atoms with Crippen LogP contribution in [0.25, 0.3) is 0 Å². The first-order valence-electron chi connectivity index (χ1n) is 15.1. The maximum atomic E-state index is 12.8. The molecule has 0 unspecified atom stereocenters. The Balaban J connectivity index is 1.23. The van der Waals surface area contributed by atoms with Gasteiger partial charge in [0.15, 0.2) is 0 Å². The van der Waals surface area contributed by atoms with E-state index in [2.05, 4.69) is 13.8 Å². The number of hydrogen-bond acceptors (Lipinski definition) is 8. The minimum absolute atomic E-state index is 0.0520. The van der Waals surface area contributed by atoms with E-state index in [9.17, 15) is 19.5 Å². The molecule has 5 fully saturated rings. The molecule has 4 saturated carbocycles. The molecule has 40 heavy (non-hydrogen) atoms. The van der Waals surface area contributed by atoms with E-state index in [1.807, 2.05) is 0 Å². The summed E-state index contributed by atoms with van der Waals surface area (Å²) >= 11 is 0. The molecule has 2 heterocycles. The zero-order valence-electron chi connectivity index (χ0n) is 23.9. The van der Waals surface area contributed by atoms with Gasteiger partial charge >= 0.3 is 17.7 Å². The van der Waals surface area contributed by atoms with Gasteiger partial charge in [0.2, 0.25) is 0 Å². The van der Waals surface area contributed by atoms with E-state index in [1.165, 1.54) is 19.3 Å². The van der Waals surface area contributed by atoms with Crippen LogP contribution >= 0.6 is 0 Å². The Hall–Kier alpha value is -2.39. The molecule has 1 amide bonds. The maximum Gasteiger partial charge on any atom is 0.410 e. The number of morpholine rings is 1. The lowest BCUT2D eigenvalue weighted by Gasteiger charge is -2.63. The molecule has 1 aromatic rings. The van der Waals surface area contributed by atoms with Crippen LogP contribution in [0.15, 0.2) is 27.6 Å². The first-order chi connectivity index (χ1) is 19.0. The van der Waals surface area contributed by atoms with Crippen molar-refractivity contribution in [3.63, 3.8) is 0 Å². The standard InChI is InChI=1S/C31H43NO8/c1-19(33)39-25-17-31(36)24-6-5-21-16-22(40-28(35)32-12-14-37-15-13-32)8-10-29(21,2)23(24)9-11-30(31,3)27(25)20-4-7-26(34)38-18-20/h4,7,18,21-25,27,36H,5-6,8-17H2,1-3H3/t21-,22+,23+,24-,25+,27+,29+,30-,31+/m1/s1. The van der Waals surface area contributed by atoms with Crippen molar-refractivity contribution in [2.45, 2.75) is 95.9 Å². The van der Waals surface area contributed by atoms with Crippen molar-refractivity contribution in [3.8, 4) is 0 Å². The molecule has 1 N–H and O–H groups in total. The largest absolute Gasteiger partial charge is 0.462 e. The predicted octanol–water partition coefficient (Wildman–Crippen LogP) is 4.26. The topological polar surface area (TPSA) is 116 Å². The van der Waals surface area contributed by atoms with Crippen molar-refractivity contribution < 1.29 is 33.3 Å². The number of hydrogen-bond donors (Lipinski definition) is 1. The number of carbonyl (C=O) groups is 2. The fourth-order valence-corrected chi connectivity index (χ4v) is 9.72. The predicted molar refractivity (Wildman–Crippen MR) is 145 cm³/mol. The lowest BCUT2D eigenvalue weighted by atomic mass is 9.43. The van der Waals surface area contributed by atoms with Gasteiger partial charge in [0.25, 0.3) is 0 Å². The van der Waals surface area contributed by atoms with Gasteiger partial charge in [-0.2, -0.15) is 0 Å². The maximum absolute atomic E-state index is 12.8. The third-order valence-corrected chi connectivity index (χ3v) is 11.7. The van der Waals surface area contributed by atoms with Crippen LogP contribution in [0.1, 0.15) is 83.6 Å². The number of nitrogens with zero attached hydrogens (tertiary/aromatic N) is 1. The first-order valence-corrected chi connectivity index (χ1v) is 15.1. The van der Waals surface area contributed by atoms with Crippen LogP contribution in [0, 0.1) is 28.6 Å². The molecule has 6 rings (SSSR count). The molecule has 0 aromatic carbocycles. The highest BCUT2D eigenvalue weighted by molar-refractivity contribution is 5.68. The van der Waals surface area contributed by atoms with Crippen molar-refractivity contribution in [3.05, 3.63) is 34.4 Å². The summed E-state index contributed by atoms with van der Waals surface area (Å²) in [6.45, 7) is 8.22. The second kappa shape index (κ2) is 10.2. The average Bonchev–Trinajstić information content (AvgIpc) is 3.15. The van der Waals surface area contributed by atoms with Crippen molar-refractivity contribution in [1.29, 1.82) is 0 Å². The molecule has 9 nitrogen and oxygen atoms in total. The molecule has 1 aliphatic heterocycles. The lowest BCUT2D eigenvalue weighted by molar-refractivity contribution is -0.206. The summed E-state index contributed by atoms with van der Waals surface area (Å²) in [6.07, 6.45) is 7.40. The Bertz CT molecular complexity index is 1170. The van der Waals surface area contributed by atoms with Gasteiger partial charge in [0.05, 0.1) is 25.1 Å². The Morgan fingerprint density at radius 3 is 2.50 bits per heavy atom. The van der Waals surface area contributed by atoms with Crippen molar-refractivity contribution in [1.82, 2.24) is 4.90 Å². The molecule has 1 aromatic heterocycles. The fourth-order valence-electron chi connectivity index (χ4n) is 9.72. The summed E-state index contributed by atoms with van der Waals surface area (Å²) in [6, 6.07) is 3.16. The highest BCUT2D eigenvalue weighted by atomic mass is 16.6. The van der Waals surface area contributed by atoms with Crippen LogP contribution in [-0.4, -0.2) is 66.2 Å². The van der Waals surface area contributed by atoms with Crippen molar-refractivity contribution in [2.24, 2.45) is 28.6 Å². The molecule has 1 saturated heterocycles. The van der Waals surface area contributed by atoms with Crippen molar-refractivity contribution >= 4 is 12.1 Å². The van der Waals surface area contributed by atoms with Gasteiger partial charge in [0, 0.05) is 43.8 Å². The minimum Gasteiger partial charge on any atom is -0.462 e. The Morgan fingerprint density at radius 1 is 1.02 bits per heavy atom.